The van der Waals surface area contributed by atoms with Crippen molar-refractivity contribution in [1.82, 2.24) is 9.71 Å². The van der Waals surface area contributed by atoms with Crippen LogP contribution < -0.4 is 4.84 Å². The summed E-state index contributed by atoms with van der Waals surface area (Å²) in [6.07, 6.45) is 1.12. The van der Waals surface area contributed by atoms with E-state index in [9.17, 15) is 19.8 Å². The van der Waals surface area contributed by atoms with Crippen molar-refractivity contribution in [3.05, 3.63) is 41.7 Å². The first-order chi connectivity index (χ1) is 9.52. The molecular weight excluding hydrogens is 268 g/mol. The van der Waals surface area contributed by atoms with E-state index in [1.54, 1.807) is 0 Å². The summed E-state index contributed by atoms with van der Waals surface area (Å²) >= 11 is 0. The molecule has 0 radical (unpaired) electrons. The first-order valence-electron chi connectivity index (χ1n) is 5.39. The molecule has 0 fully saturated rings. The lowest BCUT2D eigenvalue weighted by atomic mass is 10.2. The summed E-state index contributed by atoms with van der Waals surface area (Å²) in [5.41, 5.74) is 0.0702. The van der Waals surface area contributed by atoms with E-state index in [4.69, 9.17) is 4.84 Å². The van der Waals surface area contributed by atoms with Crippen LogP contribution in [0.5, 0.6) is 11.8 Å². The van der Waals surface area contributed by atoms with Gasteiger partial charge in [0, 0.05) is 18.3 Å². The van der Waals surface area contributed by atoms with Crippen LogP contribution in [0.2, 0.25) is 0 Å². The lowest BCUT2D eigenvalue weighted by Gasteiger charge is -2.06. The van der Waals surface area contributed by atoms with Gasteiger partial charge in [0.15, 0.2) is 0 Å². The fourth-order valence-corrected chi connectivity index (χ4v) is 1.37. The zero-order valence-corrected chi connectivity index (χ0v) is 10.3. The Kier molecular flexibility index (Phi) is 3.56. The van der Waals surface area contributed by atoms with Gasteiger partial charge in [-0.05, 0) is 12.1 Å². The second-order valence-corrected chi connectivity index (χ2v) is 3.65. The van der Waals surface area contributed by atoms with Crippen LogP contribution in [-0.4, -0.2) is 39.0 Å². The number of pyridine rings is 1. The van der Waals surface area contributed by atoms with Crippen LogP contribution in [0.15, 0.2) is 30.5 Å². The quantitative estimate of drug-likeness (QED) is 0.779. The van der Waals surface area contributed by atoms with Crippen LogP contribution in [0.1, 0.15) is 20.8 Å². The number of hydrogen-bond acceptors (Lipinski definition) is 7. The van der Waals surface area contributed by atoms with E-state index in [0.717, 1.165) is 18.3 Å². The highest BCUT2D eigenvalue weighted by Gasteiger charge is 2.15. The van der Waals surface area contributed by atoms with Crippen molar-refractivity contribution >= 4 is 11.9 Å². The molecule has 2 rings (SSSR count). The summed E-state index contributed by atoms with van der Waals surface area (Å²) < 4.78 is 5.02. The monoisotopic (exact) mass is 278 g/mol. The van der Waals surface area contributed by atoms with Crippen LogP contribution in [0.3, 0.4) is 0 Å². The molecule has 0 atom stereocenters. The number of ether oxygens (including phenoxy) is 1. The van der Waals surface area contributed by atoms with Gasteiger partial charge in [0.05, 0.1) is 12.7 Å². The highest BCUT2D eigenvalue weighted by Crippen LogP contribution is 2.19. The summed E-state index contributed by atoms with van der Waals surface area (Å²) in [4.78, 5) is 31.4. The van der Waals surface area contributed by atoms with Gasteiger partial charge in [-0.15, -0.1) is 4.73 Å². The van der Waals surface area contributed by atoms with Crippen LogP contribution in [0.4, 0.5) is 0 Å². The first kappa shape index (κ1) is 13.4. The number of esters is 1. The summed E-state index contributed by atoms with van der Waals surface area (Å²) in [6.45, 7) is 0. The Labute approximate surface area is 112 Å². The molecule has 0 aliphatic carbocycles. The number of rotatable bonds is 3. The summed E-state index contributed by atoms with van der Waals surface area (Å²) in [6, 6.07) is 4.90. The molecule has 2 aromatic heterocycles. The Morgan fingerprint density at radius 2 is 1.75 bits per heavy atom. The van der Waals surface area contributed by atoms with Gasteiger partial charge in [-0.3, -0.25) is 0 Å². The number of carbonyl (C=O) groups is 2. The van der Waals surface area contributed by atoms with Gasteiger partial charge in [0.2, 0.25) is 11.8 Å². The standard InChI is InChI=1S/C12H10N2O6/c1-19-12(18)8-3-2-7(6-13-8)11(17)20-14-9(15)4-5-10(14)16/h2-6,15-16H,1H3. The number of aromatic nitrogens is 2. The maximum absolute atomic E-state index is 11.7. The van der Waals surface area contributed by atoms with E-state index in [1.807, 2.05) is 0 Å². The normalized spacial score (nSPS) is 10.1. The Balaban J connectivity index is 2.16. The highest BCUT2D eigenvalue weighted by molar-refractivity contribution is 5.91. The second kappa shape index (κ2) is 5.31. The zero-order valence-electron chi connectivity index (χ0n) is 10.3. The number of methoxy groups -OCH3 is 1. The van der Waals surface area contributed by atoms with E-state index < -0.39 is 23.7 Å². The van der Waals surface area contributed by atoms with Gasteiger partial charge >= 0.3 is 11.9 Å². The maximum atomic E-state index is 11.7. The van der Waals surface area contributed by atoms with Gasteiger partial charge in [0.1, 0.15) is 5.69 Å². The Morgan fingerprint density at radius 1 is 1.10 bits per heavy atom. The molecule has 8 heteroatoms. The Hall–Kier alpha value is -3.03. The minimum Gasteiger partial charge on any atom is -0.492 e. The molecule has 0 saturated carbocycles. The Morgan fingerprint density at radius 3 is 2.25 bits per heavy atom. The first-order valence-corrected chi connectivity index (χ1v) is 5.39. The number of hydrogen-bond donors (Lipinski definition) is 2. The van der Waals surface area contributed by atoms with Gasteiger partial charge < -0.3 is 19.8 Å². The lowest BCUT2D eigenvalue weighted by molar-refractivity contribution is 0.0380. The molecule has 0 bridgehead atoms. The van der Waals surface area contributed by atoms with Gasteiger partial charge in [-0.1, -0.05) is 0 Å². The minimum atomic E-state index is -0.865. The van der Waals surface area contributed by atoms with Crippen molar-refractivity contribution in [2.45, 2.75) is 0 Å². The second-order valence-electron chi connectivity index (χ2n) is 3.65. The molecule has 2 N–H and O–H groups in total. The van der Waals surface area contributed by atoms with Gasteiger partial charge in [-0.25, -0.2) is 14.6 Å². The molecule has 2 aromatic rings. The van der Waals surface area contributed by atoms with Crippen LogP contribution in [0.25, 0.3) is 0 Å². The highest BCUT2D eigenvalue weighted by atomic mass is 16.7. The number of aromatic hydroxyl groups is 2. The van der Waals surface area contributed by atoms with Crippen LogP contribution >= 0.6 is 0 Å². The largest absolute Gasteiger partial charge is 0.492 e. The average Bonchev–Trinajstić information content (AvgIpc) is 2.78. The molecule has 104 valence electrons. The minimum absolute atomic E-state index is 0.0325. The zero-order chi connectivity index (χ0) is 14.7. The summed E-state index contributed by atoms with van der Waals surface area (Å²) in [7, 11) is 1.21. The van der Waals surface area contributed by atoms with Crippen molar-refractivity contribution in [2.24, 2.45) is 0 Å². The van der Waals surface area contributed by atoms with Crippen molar-refractivity contribution in [1.29, 1.82) is 0 Å². The predicted molar refractivity (Wildman–Crippen MR) is 64.2 cm³/mol. The molecule has 0 aliphatic heterocycles. The van der Waals surface area contributed by atoms with E-state index >= 15 is 0 Å². The third kappa shape index (κ3) is 2.53. The smallest absolute Gasteiger partial charge is 0.365 e. The van der Waals surface area contributed by atoms with E-state index in [1.165, 1.54) is 19.2 Å². The van der Waals surface area contributed by atoms with Crippen molar-refractivity contribution in [3.63, 3.8) is 0 Å². The molecule has 20 heavy (non-hydrogen) atoms. The molecule has 0 saturated heterocycles. The van der Waals surface area contributed by atoms with E-state index in [0.29, 0.717) is 4.73 Å². The number of nitrogens with zero attached hydrogens (tertiary/aromatic N) is 2. The molecule has 0 aromatic carbocycles. The SMILES string of the molecule is COC(=O)c1ccc(C(=O)On2c(O)ccc2O)cn1. The molecule has 0 amide bonds. The fraction of sp³-hybridized carbons (Fsp3) is 0.0833. The molecule has 2 heterocycles. The molecule has 8 nitrogen and oxygen atoms in total. The molecule has 0 unspecified atom stereocenters. The van der Waals surface area contributed by atoms with Crippen LogP contribution in [-0.2, 0) is 4.74 Å². The van der Waals surface area contributed by atoms with Gasteiger partial charge in [0.25, 0.3) is 0 Å². The molecule has 0 aliphatic rings. The molecular formula is C12H10N2O6. The van der Waals surface area contributed by atoms with E-state index in [-0.39, 0.29) is 11.3 Å². The van der Waals surface area contributed by atoms with Crippen molar-refractivity contribution < 1.29 is 29.4 Å². The summed E-state index contributed by atoms with van der Waals surface area (Å²) in [5, 5.41) is 18.6. The fourth-order valence-electron chi connectivity index (χ4n) is 1.37. The lowest BCUT2D eigenvalue weighted by Crippen LogP contribution is -2.19. The summed E-state index contributed by atoms with van der Waals surface area (Å²) in [5.74, 6) is -2.37. The van der Waals surface area contributed by atoms with Crippen LogP contribution in [0, 0.1) is 0 Å². The van der Waals surface area contributed by atoms with E-state index in [2.05, 4.69) is 9.72 Å². The van der Waals surface area contributed by atoms with Crippen molar-refractivity contribution in [3.8, 4) is 11.8 Å². The topological polar surface area (TPSA) is 111 Å². The van der Waals surface area contributed by atoms with Crippen molar-refractivity contribution in [2.75, 3.05) is 7.11 Å². The molecule has 0 spiro atoms. The number of carbonyl (C=O) groups excluding carboxylic acids is 2. The van der Waals surface area contributed by atoms with Gasteiger partial charge in [-0.2, -0.15) is 0 Å². The predicted octanol–water partition coefficient (Wildman–Crippen LogP) is 0.350. The Bertz CT molecular complexity index is 627. The average molecular weight is 278 g/mol. The third-order valence-electron chi connectivity index (χ3n) is 2.37. The maximum Gasteiger partial charge on any atom is 0.365 e. The third-order valence-corrected chi connectivity index (χ3v) is 2.37.